The van der Waals surface area contributed by atoms with E-state index in [1.807, 2.05) is 36.2 Å². The van der Waals surface area contributed by atoms with Gasteiger partial charge in [-0.15, -0.1) is 0 Å². The first kappa shape index (κ1) is 11.5. The molecular weight excluding hydrogens is 226 g/mol. The van der Waals surface area contributed by atoms with Crippen LogP contribution in [0, 0.1) is 5.41 Å². The summed E-state index contributed by atoms with van der Waals surface area (Å²) in [5.74, 6) is 1.05. The molecule has 1 N–H and O–H groups in total. The number of aromatic nitrogens is 3. The summed E-state index contributed by atoms with van der Waals surface area (Å²) < 4.78 is 1.88. The van der Waals surface area contributed by atoms with Gasteiger partial charge in [0, 0.05) is 32.0 Å². The van der Waals surface area contributed by atoms with E-state index in [4.69, 9.17) is 0 Å². The SMILES string of the molecule is CNCC1(C)CCN(c2nccn3nccc23)C1. The molecule has 18 heavy (non-hydrogen) atoms. The third kappa shape index (κ3) is 1.84. The lowest BCUT2D eigenvalue weighted by atomic mass is 9.90. The second-order valence-electron chi connectivity index (χ2n) is 5.42. The van der Waals surface area contributed by atoms with E-state index in [1.165, 1.54) is 6.42 Å². The average Bonchev–Trinajstić information content (AvgIpc) is 2.95. The molecular formula is C13H19N5. The fourth-order valence-corrected chi connectivity index (χ4v) is 2.86. The van der Waals surface area contributed by atoms with Crippen molar-refractivity contribution in [3.63, 3.8) is 0 Å². The largest absolute Gasteiger partial charge is 0.354 e. The number of hydrogen-bond acceptors (Lipinski definition) is 4. The second kappa shape index (κ2) is 4.24. The molecule has 1 aliphatic rings. The molecule has 2 aromatic heterocycles. The van der Waals surface area contributed by atoms with Crippen LogP contribution >= 0.6 is 0 Å². The molecule has 0 spiro atoms. The standard InChI is InChI=1S/C13H19N5/c1-13(9-14-2)4-7-17(10-13)12-11-3-5-16-18(11)8-6-15-12/h3,5-6,8,14H,4,7,9-10H2,1-2H3. The van der Waals surface area contributed by atoms with Crippen LogP contribution in [0.2, 0.25) is 0 Å². The van der Waals surface area contributed by atoms with Crippen molar-refractivity contribution in [2.24, 2.45) is 5.41 Å². The quantitative estimate of drug-likeness (QED) is 0.881. The van der Waals surface area contributed by atoms with Gasteiger partial charge in [0.15, 0.2) is 5.82 Å². The fourth-order valence-electron chi connectivity index (χ4n) is 2.86. The van der Waals surface area contributed by atoms with Gasteiger partial charge in [0.2, 0.25) is 0 Å². The minimum absolute atomic E-state index is 0.337. The Kier molecular flexibility index (Phi) is 2.70. The highest BCUT2D eigenvalue weighted by Gasteiger charge is 2.34. The van der Waals surface area contributed by atoms with Gasteiger partial charge in [-0.25, -0.2) is 9.50 Å². The predicted molar refractivity (Wildman–Crippen MR) is 71.9 cm³/mol. The Balaban J connectivity index is 1.90. The second-order valence-corrected chi connectivity index (χ2v) is 5.42. The number of fused-ring (bicyclic) bond motifs is 1. The minimum Gasteiger partial charge on any atom is -0.354 e. The van der Waals surface area contributed by atoms with Gasteiger partial charge in [0.25, 0.3) is 0 Å². The van der Waals surface area contributed by atoms with E-state index in [0.29, 0.717) is 5.41 Å². The Morgan fingerprint density at radius 1 is 1.44 bits per heavy atom. The van der Waals surface area contributed by atoms with Crippen molar-refractivity contribution < 1.29 is 0 Å². The first-order chi connectivity index (χ1) is 8.72. The number of nitrogens with one attached hydrogen (secondary N) is 1. The van der Waals surface area contributed by atoms with Crippen molar-refractivity contribution in [1.29, 1.82) is 0 Å². The van der Waals surface area contributed by atoms with Gasteiger partial charge >= 0.3 is 0 Å². The van der Waals surface area contributed by atoms with Crippen molar-refractivity contribution in [2.75, 3.05) is 31.6 Å². The van der Waals surface area contributed by atoms with E-state index in [0.717, 1.165) is 31.0 Å². The third-order valence-corrected chi connectivity index (χ3v) is 3.77. The Labute approximate surface area is 107 Å². The van der Waals surface area contributed by atoms with E-state index in [9.17, 15) is 0 Å². The summed E-state index contributed by atoms with van der Waals surface area (Å²) in [5, 5.41) is 7.55. The van der Waals surface area contributed by atoms with E-state index in [-0.39, 0.29) is 0 Å². The van der Waals surface area contributed by atoms with Crippen LogP contribution in [-0.2, 0) is 0 Å². The summed E-state index contributed by atoms with van der Waals surface area (Å²) in [4.78, 5) is 6.90. The number of anilines is 1. The normalized spacial score (nSPS) is 24.0. The highest BCUT2D eigenvalue weighted by Crippen LogP contribution is 2.33. The molecule has 1 unspecified atom stereocenters. The molecule has 1 saturated heterocycles. The molecule has 1 aliphatic heterocycles. The first-order valence-electron chi connectivity index (χ1n) is 6.40. The molecule has 3 rings (SSSR count). The van der Waals surface area contributed by atoms with Gasteiger partial charge in [-0.1, -0.05) is 6.92 Å². The van der Waals surface area contributed by atoms with Gasteiger partial charge < -0.3 is 10.2 Å². The molecule has 3 heterocycles. The Hall–Kier alpha value is -1.62. The van der Waals surface area contributed by atoms with E-state index in [1.54, 1.807) is 0 Å². The maximum atomic E-state index is 4.53. The highest BCUT2D eigenvalue weighted by atomic mass is 15.3. The molecule has 0 bridgehead atoms. The molecule has 1 fully saturated rings. The van der Waals surface area contributed by atoms with Crippen LogP contribution in [0.25, 0.3) is 5.52 Å². The van der Waals surface area contributed by atoms with E-state index in [2.05, 4.69) is 27.2 Å². The lowest BCUT2D eigenvalue weighted by Gasteiger charge is -2.24. The van der Waals surface area contributed by atoms with Gasteiger partial charge in [-0.05, 0) is 24.9 Å². The fraction of sp³-hybridized carbons (Fsp3) is 0.538. The maximum absolute atomic E-state index is 4.53. The lowest BCUT2D eigenvalue weighted by molar-refractivity contribution is 0.356. The number of hydrogen-bond donors (Lipinski definition) is 1. The number of nitrogens with zero attached hydrogens (tertiary/aromatic N) is 4. The highest BCUT2D eigenvalue weighted by molar-refractivity contribution is 5.68. The van der Waals surface area contributed by atoms with Crippen LogP contribution in [0.3, 0.4) is 0 Å². The van der Waals surface area contributed by atoms with Crippen LogP contribution < -0.4 is 10.2 Å². The topological polar surface area (TPSA) is 45.5 Å². The summed E-state index contributed by atoms with van der Waals surface area (Å²) in [5.41, 5.74) is 1.43. The average molecular weight is 245 g/mol. The van der Waals surface area contributed by atoms with Crippen molar-refractivity contribution in [2.45, 2.75) is 13.3 Å². The summed E-state index contributed by atoms with van der Waals surface area (Å²) >= 11 is 0. The zero-order chi connectivity index (χ0) is 12.6. The smallest absolute Gasteiger partial charge is 0.154 e. The molecule has 0 amide bonds. The monoisotopic (exact) mass is 245 g/mol. The molecule has 2 aromatic rings. The molecule has 0 aliphatic carbocycles. The summed E-state index contributed by atoms with van der Waals surface area (Å²) in [6.45, 7) is 5.49. The molecule has 5 nitrogen and oxygen atoms in total. The van der Waals surface area contributed by atoms with Crippen molar-refractivity contribution in [1.82, 2.24) is 19.9 Å². The summed E-state index contributed by atoms with van der Waals surface area (Å²) in [6.07, 6.45) is 6.73. The summed E-state index contributed by atoms with van der Waals surface area (Å²) in [7, 11) is 2.02. The molecule has 96 valence electrons. The van der Waals surface area contributed by atoms with Gasteiger partial charge in [0.1, 0.15) is 5.52 Å². The van der Waals surface area contributed by atoms with Crippen molar-refractivity contribution in [3.05, 3.63) is 24.7 Å². The third-order valence-electron chi connectivity index (χ3n) is 3.77. The maximum Gasteiger partial charge on any atom is 0.154 e. The zero-order valence-corrected chi connectivity index (χ0v) is 10.9. The van der Waals surface area contributed by atoms with Crippen LogP contribution in [0.1, 0.15) is 13.3 Å². The Morgan fingerprint density at radius 2 is 2.33 bits per heavy atom. The predicted octanol–water partition coefficient (Wildman–Crippen LogP) is 1.17. The van der Waals surface area contributed by atoms with Crippen molar-refractivity contribution >= 4 is 11.3 Å². The van der Waals surface area contributed by atoms with Gasteiger partial charge in [0.05, 0.1) is 6.20 Å². The van der Waals surface area contributed by atoms with Crippen molar-refractivity contribution in [3.8, 4) is 0 Å². The molecule has 5 heteroatoms. The Morgan fingerprint density at radius 3 is 3.17 bits per heavy atom. The zero-order valence-electron chi connectivity index (χ0n) is 10.9. The first-order valence-corrected chi connectivity index (χ1v) is 6.40. The molecule has 1 atom stereocenters. The van der Waals surface area contributed by atoms with Crippen LogP contribution in [-0.4, -0.2) is 41.3 Å². The minimum atomic E-state index is 0.337. The van der Waals surface area contributed by atoms with Gasteiger partial charge in [-0.2, -0.15) is 5.10 Å². The van der Waals surface area contributed by atoms with Gasteiger partial charge in [-0.3, -0.25) is 0 Å². The Bertz CT molecular complexity index is 549. The summed E-state index contributed by atoms with van der Waals surface area (Å²) in [6, 6.07) is 2.02. The molecule has 0 radical (unpaired) electrons. The molecule has 0 saturated carbocycles. The van der Waals surface area contributed by atoms with Crippen LogP contribution in [0.15, 0.2) is 24.7 Å². The van der Waals surface area contributed by atoms with E-state index >= 15 is 0 Å². The lowest BCUT2D eigenvalue weighted by Crippen LogP contribution is -2.33. The van der Waals surface area contributed by atoms with Crippen LogP contribution in [0.4, 0.5) is 5.82 Å². The molecule has 0 aromatic carbocycles. The number of rotatable bonds is 3. The van der Waals surface area contributed by atoms with E-state index < -0.39 is 0 Å². The van der Waals surface area contributed by atoms with Crippen LogP contribution in [0.5, 0.6) is 0 Å².